The summed E-state index contributed by atoms with van der Waals surface area (Å²) in [6.07, 6.45) is 7.65. The zero-order valence-corrected chi connectivity index (χ0v) is 17.4. The maximum Gasteiger partial charge on any atom is 0.254 e. The average Bonchev–Trinajstić information content (AvgIpc) is 2.95. The van der Waals surface area contributed by atoms with Gasteiger partial charge in [0.15, 0.2) is 5.69 Å². The number of pyridine rings is 1. The van der Waals surface area contributed by atoms with Gasteiger partial charge in [-0.3, -0.25) is 4.79 Å². The molecule has 28 heavy (non-hydrogen) atoms. The molecule has 1 saturated heterocycles. The van der Waals surface area contributed by atoms with Crippen LogP contribution in [0.3, 0.4) is 0 Å². The first kappa shape index (κ1) is 19.0. The maximum atomic E-state index is 13.0. The van der Waals surface area contributed by atoms with E-state index >= 15 is 0 Å². The second-order valence-corrected chi connectivity index (χ2v) is 9.42. The lowest BCUT2D eigenvalue weighted by atomic mass is 9.49. The minimum atomic E-state index is -0.242. The largest absolute Gasteiger partial charge is 0.487 e. The van der Waals surface area contributed by atoms with Crippen LogP contribution in [0.1, 0.15) is 46.2 Å². The number of fused-ring (bicyclic) bond motifs is 1. The second-order valence-electron chi connectivity index (χ2n) is 9.01. The number of rotatable bonds is 3. The first-order chi connectivity index (χ1) is 13.2. The third-order valence-corrected chi connectivity index (χ3v) is 6.62. The third kappa shape index (κ3) is 2.66. The van der Waals surface area contributed by atoms with Gasteiger partial charge in [-0.2, -0.15) is 5.26 Å². The molecule has 0 spiro atoms. The summed E-state index contributed by atoms with van der Waals surface area (Å²) in [4.78, 5) is 19.1. The molecular formula is C22H24ClN3O2. The summed E-state index contributed by atoms with van der Waals surface area (Å²) in [5.41, 5.74) is 1.74. The maximum absolute atomic E-state index is 13.0. The van der Waals surface area contributed by atoms with Gasteiger partial charge in [-0.15, -0.1) is 0 Å². The molecule has 6 heteroatoms. The molecule has 0 radical (unpaired) electrons. The Morgan fingerprint density at radius 2 is 1.93 bits per heavy atom. The van der Waals surface area contributed by atoms with Gasteiger partial charge < -0.3 is 9.64 Å². The number of halogens is 1. The van der Waals surface area contributed by atoms with Crippen molar-refractivity contribution in [2.45, 2.75) is 52.7 Å². The lowest BCUT2D eigenvalue weighted by Crippen LogP contribution is -2.74. The molecule has 1 aromatic rings. The summed E-state index contributed by atoms with van der Waals surface area (Å²) in [5, 5.41) is 9.28. The van der Waals surface area contributed by atoms with Crippen molar-refractivity contribution in [3.05, 3.63) is 46.3 Å². The zero-order valence-electron chi connectivity index (χ0n) is 16.6. The highest BCUT2D eigenvalue weighted by Gasteiger charge is 2.67. The molecule has 4 rings (SSSR count). The predicted molar refractivity (Wildman–Crippen MR) is 107 cm³/mol. The van der Waals surface area contributed by atoms with Gasteiger partial charge in [0.25, 0.3) is 5.91 Å². The Morgan fingerprint density at radius 1 is 1.25 bits per heavy atom. The molecule has 0 aromatic carbocycles. The Kier molecular flexibility index (Phi) is 4.31. The van der Waals surface area contributed by atoms with Crippen molar-refractivity contribution in [3.8, 4) is 11.8 Å². The minimum Gasteiger partial charge on any atom is -0.487 e. The van der Waals surface area contributed by atoms with Gasteiger partial charge in [0.2, 0.25) is 0 Å². The molecule has 1 aromatic heterocycles. The van der Waals surface area contributed by atoms with Crippen molar-refractivity contribution in [1.82, 2.24) is 9.88 Å². The van der Waals surface area contributed by atoms with E-state index in [2.05, 4.69) is 44.8 Å². The summed E-state index contributed by atoms with van der Waals surface area (Å²) < 4.78 is 6.28. The number of amides is 1. The van der Waals surface area contributed by atoms with Gasteiger partial charge in [0.1, 0.15) is 17.9 Å². The molecule has 1 aliphatic heterocycles. The van der Waals surface area contributed by atoms with Gasteiger partial charge >= 0.3 is 0 Å². The number of carbonyl (C=O) groups is 1. The predicted octanol–water partition coefficient (Wildman–Crippen LogP) is 4.28. The Balaban J connectivity index is 1.59. The van der Waals surface area contributed by atoms with Crippen LogP contribution in [0.15, 0.2) is 35.6 Å². The van der Waals surface area contributed by atoms with Gasteiger partial charge in [0, 0.05) is 35.1 Å². The third-order valence-electron chi connectivity index (χ3n) is 6.33. The molecule has 2 heterocycles. The fraction of sp³-hybridized carbons (Fsp3) is 0.500. The number of allylic oxidation sites excluding steroid dienone is 2. The number of nitrogens with zero attached hydrogens (tertiary/aromatic N) is 3. The Bertz CT molecular complexity index is 939. The topological polar surface area (TPSA) is 66.2 Å². The van der Waals surface area contributed by atoms with E-state index in [1.54, 1.807) is 6.07 Å². The monoisotopic (exact) mass is 397 g/mol. The molecule has 0 unspecified atom stereocenters. The van der Waals surface area contributed by atoms with E-state index in [4.69, 9.17) is 21.6 Å². The number of aromatic nitrogens is 1. The van der Waals surface area contributed by atoms with Gasteiger partial charge in [-0.1, -0.05) is 51.4 Å². The smallest absolute Gasteiger partial charge is 0.254 e. The molecule has 0 atom stereocenters. The molecule has 5 nitrogen and oxygen atoms in total. The SMILES string of the molecule is CC1(C)C(Oc2cnc(C#N)c(Cl)c2)C(C)(C)C1N1CC2=CCCC=C2C1=O. The Labute approximate surface area is 170 Å². The van der Waals surface area contributed by atoms with Crippen molar-refractivity contribution >= 4 is 17.5 Å². The molecule has 0 N–H and O–H groups in total. The van der Waals surface area contributed by atoms with Gasteiger partial charge in [-0.05, 0) is 18.4 Å². The summed E-state index contributed by atoms with van der Waals surface area (Å²) in [5.74, 6) is 0.680. The van der Waals surface area contributed by atoms with Crippen LogP contribution in [0.25, 0.3) is 0 Å². The summed E-state index contributed by atoms with van der Waals surface area (Å²) in [6.45, 7) is 9.25. The molecule has 0 bridgehead atoms. The Morgan fingerprint density at radius 3 is 2.54 bits per heavy atom. The number of nitriles is 1. The van der Waals surface area contributed by atoms with Crippen molar-refractivity contribution in [2.24, 2.45) is 10.8 Å². The highest BCUT2D eigenvalue weighted by molar-refractivity contribution is 6.31. The van der Waals surface area contributed by atoms with Crippen LogP contribution in [0.5, 0.6) is 5.75 Å². The van der Waals surface area contributed by atoms with Crippen molar-refractivity contribution in [1.29, 1.82) is 5.26 Å². The first-order valence-electron chi connectivity index (χ1n) is 9.60. The first-order valence-corrected chi connectivity index (χ1v) is 9.98. The number of hydrogen-bond donors (Lipinski definition) is 0. The summed E-state index contributed by atoms with van der Waals surface area (Å²) in [6, 6.07) is 3.65. The van der Waals surface area contributed by atoms with Crippen LogP contribution in [0, 0.1) is 22.2 Å². The van der Waals surface area contributed by atoms with E-state index in [-0.39, 0.29) is 39.6 Å². The molecular weight excluding hydrogens is 374 g/mol. The van der Waals surface area contributed by atoms with Crippen LogP contribution >= 0.6 is 11.6 Å². The standard InChI is InChI=1S/C22H24ClN3O2/c1-21(2)19(26-12-13-7-5-6-8-15(13)18(26)27)22(3,4)20(21)28-14-9-16(23)17(10-24)25-11-14/h7-9,11,19-20H,5-6,12H2,1-4H3. The lowest BCUT2D eigenvalue weighted by Gasteiger charge is -2.65. The number of carbonyl (C=O) groups excluding carboxylic acids is 1. The van der Waals surface area contributed by atoms with E-state index in [1.165, 1.54) is 6.20 Å². The highest BCUT2D eigenvalue weighted by atomic mass is 35.5. The van der Waals surface area contributed by atoms with E-state index in [0.717, 1.165) is 24.0 Å². The molecule has 3 aliphatic rings. The number of ether oxygens (including phenoxy) is 1. The zero-order chi connectivity index (χ0) is 20.3. The van der Waals surface area contributed by atoms with Crippen LogP contribution in [0.2, 0.25) is 5.02 Å². The normalized spacial score (nSPS) is 27.3. The van der Waals surface area contributed by atoms with E-state index in [1.807, 2.05) is 11.0 Å². The van der Waals surface area contributed by atoms with Crippen LogP contribution in [-0.4, -0.2) is 34.5 Å². The van der Waals surface area contributed by atoms with E-state index in [0.29, 0.717) is 12.3 Å². The number of likely N-dealkylation sites (tertiary alicyclic amines) is 1. The Hall–Kier alpha value is -2.32. The van der Waals surface area contributed by atoms with Crippen molar-refractivity contribution in [3.63, 3.8) is 0 Å². The van der Waals surface area contributed by atoms with Crippen LogP contribution < -0.4 is 4.74 Å². The van der Waals surface area contributed by atoms with Gasteiger partial charge in [0.05, 0.1) is 11.2 Å². The molecule has 2 fully saturated rings. The van der Waals surface area contributed by atoms with E-state index < -0.39 is 0 Å². The summed E-state index contributed by atoms with van der Waals surface area (Å²) >= 11 is 6.11. The van der Waals surface area contributed by atoms with Crippen molar-refractivity contribution < 1.29 is 9.53 Å². The molecule has 2 aliphatic carbocycles. The molecule has 146 valence electrons. The average molecular weight is 398 g/mol. The van der Waals surface area contributed by atoms with Crippen molar-refractivity contribution in [2.75, 3.05) is 6.54 Å². The fourth-order valence-corrected chi connectivity index (χ4v) is 5.84. The lowest BCUT2D eigenvalue weighted by molar-refractivity contribution is -0.206. The van der Waals surface area contributed by atoms with Gasteiger partial charge in [-0.25, -0.2) is 4.98 Å². The number of hydrogen-bond acceptors (Lipinski definition) is 4. The van der Waals surface area contributed by atoms with Crippen LogP contribution in [-0.2, 0) is 4.79 Å². The second kappa shape index (κ2) is 6.35. The van der Waals surface area contributed by atoms with Crippen LogP contribution in [0.4, 0.5) is 0 Å². The highest BCUT2D eigenvalue weighted by Crippen LogP contribution is 2.59. The van der Waals surface area contributed by atoms with E-state index in [9.17, 15) is 4.79 Å². The molecule has 1 amide bonds. The molecule has 1 saturated carbocycles. The minimum absolute atomic E-state index is 0.0618. The summed E-state index contributed by atoms with van der Waals surface area (Å²) in [7, 11) is 0. The quantitative estimate of drug-likeness (QED) is 0.763. The fourth-order valence-electron chi connectivity index (χ4n) is 5.64.